The Morgan fingerprint density at radius 3 is 2.60 bits per heavy atom. The van der Waals surface area contributed by atoms with Gasteiger partial charge >= 0.3 is 6.03 Å². The largest absolute Gasteiger partial charge is 0.454 e. The Morgan fingerprint density at radius 1 is 1.03 bits per heavy atom. The predicted molar refractivity (Wildman–Crippen MR) is 138 cm³/mol. The Hall–Kier alpha value is -3.23. The summed E-state index contributed by atoms with van der Waals surface area (Å²) in [6.07, 6.45) is 0. The number of fused-ring (bicyclic) bond motifs is 1. The molecule has 1 N–H and O–H groups in total. The lowest BCUT2D eigenvalue weighted by molar-refractivity contribution is -0.133. The molecule has 0 radical (unpaired) electrons. The van der Waals surface area contributed by atoms with Crippen molar-refractivity contribution in [3.05, 3.63) is 75.4 Å². The molecule has 0 fully saturated rings. The molecule has 1 aromatic heterocycles. The molecule has 3 aromatic rings. The van der Waals surface area contributed by atoms with Gasteiger partial charge in [0.15, 0.2) is 11.5 Å². The number of nitrogens with one attached hydrogen (secondary N) is 1. The van der Waals surface area contributed by atoms with E-state index in [1.165, 1.54) is 0 Å². The van der Waals surface area contributed by atoms with Crippen LogP contribution >= 0.6 is 22.9 Å². The highest BCUT2D eigenvalue weighted by molar-refractivity contribution is 7.09. The molecule has 2 heterocycles. The molecule has 7 nitrogen and oxygen atoms in total. The van der Waals surface area contributed by atoms with Crippen molar-refractivity contribution in [3.8, 4) is 11.5 Å². The number of urea groups is 1. The quantitative estimate of drug-likeness (QED) is 0.389. The van der Waals surface area contributed by atoms with E-state index in [1.54, 1.807) is 45.4 Å². The summed E-state index contributed by atoms with van der Waals surface area (Å²) >= 11 is 7.65. The summed E-state index contributed by atoms with van der Waals surface area (Å²) in [4.78, 5) is 31.0. The zero-order valence-electron chi connectivity index (χ0n) is 19.7. The van der Waals surface area contributed by atoms with E-state index >= 15 is 0 Å². The van der Waals surface area contributed by atoms with Gasteiger partial charge in [-0.1, -0.05) is 43.6 Å². The van der Waals surface area contributed by atoms with Gasteiger partial charge < -0.3 is 24.6 Å². The smallest absolute Gasteiger partial charge is 0.322 e. The number of hydrogen-bond donors (Lipinski definition) is 1. The van der Waals surface area contributed by atoms with E-state index in [1.807, 2.05) is 49.6 Å². The SMILES string of the molecule is CC(C)CN(CC(=O)N(Cc1ccc2c(c1)OCO2)Cc1cccs1)C(=O)Nc1cccc(Cl)c1. The molecule has 0 bridgehead atoms. The first-order valence-electron chi connectivity index (χ1n) is 11.4. The topological polar surface area (TPSA) is 71.1 Å². The number of carbonyl (C=O) groups excluding carboxylic acids is 2. The van der Waals surface area contributed by atoms with Crippen molar-refractivity contribution >= 4 is 40.6 Å². The summed E-state index contributed by atoms with van der Waals surface area (Å²) in [6.45, 7) is 5.47. The van der Waals surface area contributed by atoms with Crippen LogP contribution in [0.25, 0.3) is 0 Å². The van der Waals surface area contributed by atoms with Crippen LogP contribution in [0.1, 0.15) is 24.3 Å². The molecule has 0 unspecified atom stereocenters. The molecule has 35 heavy (non-hydrogen) atoms. The van der Waals surface area contributed by atoms with Gasteiger partial charge in [-0.25, -0.2) is 4.79 Å². The van der Waals surface area contributed by atoms with Gasteiger partial charge in [0.2, 0.25) is 12.7 Å². The monoisotopic (exact) mass is 513 g/mol. The third-order valence-corrected chi connectivity index (χ3v) is 6.46. The van der Waals surface area contributed by atoms with Gasteiger partial charge in [0.25, 0.3) is 0 Å². The lowest BCUT2D eigenvalue weighted by atomic mass is 10.1. The van der Waals surface area contributed by atoms with E-state index in [-0.39, 0.29) is 31.2 Å². The van der Waals surface area contributed by atoms with Crippen LogP contribution in [0.5, 0.6) is 11.5 Å². The van der Waals surface area contributed by atoms with Gasteiger partial charge in [0.05, 0.1) is 6.54 Å². The number of hydrogen-bond acceptors (Lipinski definition) is 5. The van der Waals surface area contributed by atoms with Gasteiger partial charge in [-0.2, -0.15) is 0 Å². The van der Waals surface area contributed by atoms with Crippen molar-refractivity contribution in [1.82, 2.24) is 9.80 Å². The van der Waals surface area contributed by atoms with Gasteiger partial charge in [-0.05, 0) is 53.3 Å². The maximum Gasteiger partial charge on any atom is 0.322 e. The van der Waals surface area contributed by atoms with Gasteiger partial charge in [-0.15, -0.1) is 11.3 Å². The van der Waals surface area contributed by atoms with Crippen molar-refractivity contribution < 1.29 is 19.1 Å². The minimum Gasteiger partial charge on any atom is -0.454 e. The Morgan fingerprint density at radius 2 is 1.86 bits per heavy atom. The molecule has 3 amide bonds. The zero-order valence-corrected chi connectivity index (χ0v) is 21.3. The standard InChI is InChI=1S/C26H28ClN3O4S/c1-18(2)13-30(26(32)28-21-6-3-5-20(27)12-21)16-25(31)29(15-22-7-4-10-35-22)14-19-8-9-23-24(11-19)34-17-33-23/h3-12,18H,13-17H2,1-2H3,(H,28,32). The molecule has 0 saturated heterocycles. The summed E-state index contributed by atoms with van der Waals surface area (Å²) in [5.41, 5.74) is 1.51. The van der Waals surface area contributed by atoms with Crippen molar-refractivity contribution in [2.24, 2.45) is 5.92 Å². The van der Waals surface area contributed by atoms with Crippen molar-refractivity contribution in [3.63, 3.8) is 0 Å². The first-order valence-corrected chi connectivity index (χ1v) is 12.6. The number of rotatable bonds is 9. The normalized spacial score (nSPS) is 12.0. The van der Waals surface area contributed by atoms with E-state index in [0.717, 1.165) is 10.4 Å². The number of halogens is 1. The minimum absolute atomic E-state index is 0.0412. The zero-order chi connectivity index (χ0) is 24.8. The van der Waals surface area contributed by atoms with Crippen LogP contribution in [-0.4, -0.2) is 41.6 Å². The van der Waals surface area contributed by atoms with Crippen LogP contribution in [0, 0.1) is 5.92 Å². The lowest BCUT2D eigenvalue weighted by Crippen LogP contribution is -2.45. The third-order valence-electron chi connectivity index (χ3n) is 5.36. The fraction of sp³-hybridized carbons (Fsp3) is 0.308. The number of ether oxygens (including phenoxy) is 2. The Bertz CT molecular complexity index is 1170. The number of amides is 3. The summed E-state index contributed by atoms with van der Waals surface area (Å²) < 4.78 is 10.9. The maximum atomic E-state index is 13.5. The molecule has 0 atom stereocenters. The maximum absolute atomic E-state index is 13.5. The molecule has 0 spiro atoms. The van der Waals surface area contributed by atoms with Crippen LogP contribution in [0.2, 0.25) is 5.02 Å². The highest BCUT2D eigenvalue weighted by atomic mass is 35.5. The Kier molecular flexibility index (Phi) is 8.15. The average molecular weight is 514 g/mol. The van der Waals surface area contributed by atoms with E-state index in [2.05, 4.69) is 5.32 Å². The van der Waals surface area contributed by atoms with Gasteiger partial charge in [0.1, 0.15) is 6.54 Å². The second-order valence-corrected chi connectivity index (χ2v) is 10.2. The molecule has 184 valence electrons. The van der Waals surface area contributed by atoms with Crippen molar-refractivity contribution in [2.45, 2.75) is 26.9 Å². The molecular weight excluding hydrogens is 486 g/mol. The number of anilines is 1. The molecule has 0 aliphatic carbocycles. The molecule has 0 saturated carbocycles. The fourth-order valence-electron chi connectivity index (χ4n) is 3.77. The summed E-state index contributed by atoms with van der Waals surface area (Å²) in [5, 5.41) is 5.38. The minimum atomic E-state index is -0.339. The molecule has 4 rings (SSSR count). The van der Waals surface area contributed by atoms with Crippen LogP contribution in [0.4, 0.5) is 10.5 Å². The second kappa shape index (κ2) is 11.5. The third kappa shape index (κ3) is 6.90. The van der Waals surface area contributed by atoms with Crippen LogP contribution < -0.4 is 14.8 Å². The van der Waals surface area contributed by atoms with Crippen LogP contribution in [0.15, 0.2) is 60.0 Å². The number of nitrogens with zero attached hydrogens (tertiary/aromatic N) is 2. The summed E-state index contributed by atoms with van der Waals surface area (Å²) in [6, 6.07) is 16.3. The lowest BCUT2D eigenvalue weighted by Gasteiger charge is -2.29. The fourth-order valence-corrected chi connectivity index (χ4v) is 4.68. The van der Waals surface area contributed by atoms with E-state index < -0.39 is 0 Å². The summed E-state index contributed by atoms with van der Waals surface area (Å²) in [5.74, 6) is 1.42. The second-order valence-electron chi connectivity index (χ2n) is 8.73. The molecule has 1 aliphatic heterocycles. The van der Waals surface area contributed by atoms with E-state index in [0.29, 0.717) is 41.8 Å². The van der Waals surface area contributed by atoms with Crippen LogP contribution in [-0.2, 0) is 17.9 Å². The van der Waals surface area contributed by atoms with Crippen molar-refractivity contribution in [2.75, 3.05) is 25.2 Å². The van der Waals surface area contributed by atoms with Gasteiger partial charge in [-0.3, -0.25) is 4.79 Å². The first-order chi connectivity index (χ1) is 16.9. The van der Waals surface area contributed by atoms with E-state index in [9.17, 15) is 9.59 Å². The molecule has 2 aromatic carbocycles. The van der Waals surface area contributed by atoms with Gasteiger partial charge in [0, 0.05) is 28.7 Å². The predicted octanol–water partition coefficient (Wildman–Crippen LogP) is 5.85. The molecule has 1 aliphatic rings. The Balaban J connectivity index is 1.50. The first kappa shape index (κ1) is 24.9. The van der Waals surface area contributed by atoms with E-state index in [4.69, 9.17) is 21.1 Å². The molecular formula is C26H28ClN3O4S. The summed E-state index contributed by atoms with van der Waals surface area (Å²) in [7, 11) is 0. The highest BCUT2D eigenvalue weighted by Gasteiger charge is 2.24. The van der Waals surface area contributed by atoms with Crippen molar-refractivity contribution in [1.29, 1.82) is 0 Å². The number of carbonyl (C=O) groups is 2. The Labute approximate surface area is 214 Å². The molecule has 9 heteroatoms. The number of thiophene rings is 1. The highest BCUT2D eigenvalue weighted by Crippen LogP contribution is 2.33. The van der Waals surface area contributed by atoms with Crippen LogP contribution in [0.3, 0.4) is 0 Å². The average Bonchev–Trinajstić information content (AvgIpc) is 3.49. The number of benzene rings is 2.